The van der Waals surface area contributed by atoms with E-state index in [-0.39, 0.29) is 29.4 Å². The fourth-order valence-electron chi connectivity index (χ4n) is 2.19. The van der Waals surface area contributed by atoms with Crippen LogP contribution in [0.25, 0.3) is 0 Å². The van der Waals surface area contributed by atoms with E-state index in [1.807, 2.05) is 24.3 Å². The topological polar surface area (TPSA) is 54.9 Å². The second kappa shape index (κ2) is 9.19. The van der Waals surface area contributed by atoms with Gasteiger partial charge in [0, 0.05) is 24.1 Å². The van der Waals surface area contributed by atoms with Crippen molar-refractivity contribution >= 4 is 29.9 Å². The van der Waals surface area contributed by atoms with Gasteiger partial charge in [0.05, 0.1) is 26.9 Å². The number of para-hydroxylation sites is 1. The molecule has 0 saturated carbocycles. The number of benzene rings is 1. The van der Waals surface area contributed by atoms with E-state index in [0.717, 1.165) is 43.6 Å². The lowest BCUT2D eigenvalue weighted by Gasteiger charge is -2.38. The van der Waals surface area contributed by atoms with Crippen molar-refractivity contribution in [2.75, 3.05) is 33.4 Å². The van der Waals surface area contributed by atoms with Gasteiger partial charge in [-0.05, 0) is 13.0 Å². The highest BCUT2D eigenvalue weighted by atomic mass is 127. The van der Waals surface area contributed by atoms with E-state index in [2.05, 4.69) is 29.5 Å². The molecule has 2 N–H and O–H groups in total. The molecule has 5 nitrogen and oxygen atoms in total. The van der Waals surface area contributed by atoms with Gasteiger partial charge < -0.3 is 20.1 Å². The highest BCUT2D eigenvalue weighted by Gasteiger charge is 2.33. The average Bonchev–Trinajstić information content (AvgIpc) is 2.48. The molecule has 22 heavy (non-hydrogen) atoms. The van der Waals surface area contributed by atoms with Crippen molar-refractivity contribution in [3.8, 4) is 5.75 Å². The van der Waals surface area contributed by atoms with Gasteiger partial charge in [0.2, 0.25) is 0 Å². The van der Waals surface area contributed by atoms with E-state index in [4.69, 9.17) is 9.47 Å². The Labute approximate surface area is 149 Å². The maximum atomic E-state index is 5.35. The van der Waals surface area contributed by atoms with Crippen molar-refractivity contribution in [1.82, 2.24) is 10.6 Å². The summed E-state index contributed by atoms with van der Waals surface area (Å²) in [6, 6.07) is 7.96. The van der Waals surface area contributed by atoms with E-state index < -0.39 is 0 Å². The number of hydrogen-bond donors (Lipinski definition) is 2. The molecule has 0 amide bonds. The van der Waals surface area contributed by atoms with Gasteiger partial charge >= 0.3 is 0 Å². The number of hydrogen-bond acceptors (Lipinski definition) is 3. The van der Waals surface area contributed by atoms with Gasteiger partial charge in [0.15, 0.2) is 5.96 Å². The van der Waals surface area contributed by atoms with Crippen molar-refractivity contribution in [3.05, 3.63) is 29.8 Å². The van der Waals surface area contributed by atoms with Gasteiger partial charge in [-0.2, -0.15) is 0 Å². The van der Waals surface area contributed by atoms with E-state index in [0.29, 0.717) is 6.54 Å². The number of ether oxygens (including phenoxy) is 2. The maximum absolute atomic E-state index is 5.35. The molecule has 6 heteroatoms. The molecule has 0 radical (unpaired) electrons. The third-order valence-electron chi connectivity index (χ3n) is 3.53. The Morgan fingerprint density at radius 1 is 1.32 bits per heavy atom. The zero-order valence-electron chi connectivity index (χ0n) is 13.5. The van der Waals surface area contributed by atoms with E-state index >= 15 is 0 Å². The molecule has 2 rings (SSSR count). The zero-order valence-corrected chi connectivity index (χ0v) is 15.8. The Morgan fingerprint density at radius 3 is 2.64 bits per heavy atom. The lowest BCUT2D eigenvalue weighted by molar-refractivity contribution is -0.0971. The summed E-state index contributed by atoms with van der Waals surface area (Å²) in [7, 11) is 1.68. The second-order valence-corrected chi connectivity index (χ2v) is 5.66. The SMILES string of the molecule is CCNC(=NCc1ccccc1OC)NCC1(C)COC1.I. The molecule has 1 saturated heterocycles. The number of methoxy groups -OCH3 is 1. The van der Waals surface area contributed by atoms with Crippen LogP contribution in [-0.2, 0) is 11.3 Å². The van der Waals surface area contributed by atoms with Crippen LogP contribution < -0.4 is 15.4 Å². The van der Waals surface area contributed by atoms with Crippen molar-refractivity contribution in [2.45, 2.75) is 20.4 Å². The number of guanidine groups is 1. The van der Waals surface area contributed by atoms with Crippen molar-refractivity contribution in [1.29, 1.82) is 0 Å². The molecule has 1 aromatic carbocycles. The summed E-state index contributed by atoms with van der Waals surface area (Å²) < 4.78 is 10.6. The molecule has 1 heterocycles. The van der Waals surface area contributed by atoms with Crippen LogP contribution >= 0.6 is 24.0 Å². The van der Waals surface area contributed by atoms with Crippen LogP contribution in [-0.4, -0.2) is 39.4 Å². The first kappa shape index (κ1) is 19.0. The average molecular weight is 419 g/mol. The summed E-state index contributed by atoms with van der Waals surface area (Å²) in [4.78, 5) is 4.63. The molecular weight excluding hydrogens is 393 g/mol. The predicted molar refractivity (Wildman–Crippen MR) is 100 cm³/mol. The van der Waals surface area contributed by atoms with E-state index in [1.54, 1.807) is 7.11 Å². The first-order valence-electron chi connectivity index (χ1n) is 7.39. The number of nitrogens with zero attached hydrogens (tertiary/aromatic N) is 1. The Bertz CT molecular complexity index is 490. The molecule has 0 spiro atoms. The molecule has 0 aliphatic carbocycles. The summed E-state index contributed by atoms with van der Waals surface area (Å²) in [5.41, 5.74) is 1.30. The second-order valence-electron chi connectivity index (χ2n) is 5.66. The minimum atomic E-state index is 0. The van der Waals surface area contributed by atoms with Crippen molar-refractivity contribution in [2.24, 2.45) is 10.4 Å². The monoisotopic (exact) mass is 419 g/mol. The maximum Gasteiger partial charge on any atom is 0.191 e. The number of nitrogens with one attached hydrogen (secondary N) is 2. The summed E-state index contributed by atoms with van der Waals surface area (Å²) in [5, 5.41) is 6.66. The molecule has 1 aliphatic heterocycles. The van der Waals surface area contributed by atoms with Gasteiger partial charge in [-0.25, -0.2) is 4.99 Å². The summed E-state index contributed by atoms with van der Waals surface area (Å²) in [5.74, 6) is 1.70. The van der Waals surface area contributed by atoms with Crippen LogP contribution in [0.1, 0.15) is 19.4 Å². The quantitative estimate of drug-likeness (QED) is 0.423. The fraction of sp³-hybridized carbons (Fsp3) is 0.562. The van der Waals surface area contributed by atoms with Crippen LogP contribution in [0.3, 0.4) is 0 Å². The molecule has 0 unspecified atom stereocenters. The lowest BCUT2D eigenvalue weighted by atomic mass is 9.89. The van der Waals surface area contributed by atoms with Gasteiger partial charge in [-0.1, -0.05) is 25.1 Å². The number of aliphatic imine (C=N–C) groups is 1. The largest absolute Gasteiger partial charge is 0.496 e. The summed E-state index contributed by atoms with van der Waals surface area (Å²) in [6.07, 6.45) is 0. The van der Waals surface area contributed by atoms with Crippen LogP contribution in [0.5, 0.6) is 5.75 Å². The van der Waals surface area contributed by atoms with Crippen LogP contribution in [0, 0.1) is 5.41 Å². The molecule has 0 atom stereocenters. The Hall–Kier alpha value is -1.02. The van der Waals surface area contributed by atoms with Gasteiger partial charge in [-0.15, -0.1) is 24.0 Å². The number of halogens is 1. The van der Waals surface area contributed by atoms with E-state index in [9.17, 15) is 0 Å². The van der Waals surface area contributed by atoms with Gasteiger partial charge in [0.1, 0.15) is 5.75 Å². The third kappa shape index (κ3) is 5.31. The molecular formula is C16H26IN3O2. The van der Waals surface area contributed by atoms with Crippen molar-refractivity contribution in [3.63, 3.8) is 0 Å². The Kier molecular flexibility index (Phi) is 7.95. The summed E-state index contributed by atoms with van der Waals surface area (Å²) >= 11 is 0. The Balaban J connectivity index is 0.00000242. The van der Waals surface area contributed by atoms with E-state index in [1.165, 1.54) is 0 Å². The van der Waals surface area contributed by atoms with Crippen LogP contribution in [0.4, 0.5) is 0 Å². The molecule has 0 bridgehead atoms. The lowest BCUT2D eigenvalue weighted by Crippen LogP contribution is -2.51. The van der Waals surface area contributed by atoms with Crippen LogP contribution in [0.2, 0.25) is 0 Å². The molecule has 0 aromatic heterocycles. The van der Waals surface area contributed by atoms with Crippen molar-refractivity contribution < 1.29 is 9.47 Å². The highest BCUT2D eigenvalue weighted by molar-refractivity contribution is 14.0. The third-order valence-corrected chi connectivity index (χ3v) is 3.53. The van der Waals surface area contributed by atoms with Crippen LogP contribution in [0.15, 0.2) is 29.3 Å². The summed E-state index contributed by atoms with van der Waals surface area (Å²) in [6.45, 7) is 8.20. The molecule has 1 aromatic rings. The fourth-order valence-corrected chi connectivity index (χ4v) is 2.19. The normalized spacial score (nSPS) is 16.2. The minimum absolute atomic E-state index is 0. The first-order valence-corrected chi connectivity index (χ1v) is 7.39. The molecule has 1 aliphatic rings. The highest BCUT2D eigenvalue weighted by Crippen LogP contribution is 2.25. The number of rotatable bonds is 6. The van der Waals surface area contributed by atoms with Gasteiger partial charge in [0.25, 0.3) is 0 Å². The van der Waals surface area contributed by atoms with Gasteiger partial charge in [-0.3, -0.25) is 0 Å². The predicted octanol–water partition coefficient (Wildman–Crippen LogP) is 2.40. The standard InChI is InChI=1S/C16H25N3O2.HI/c1-4-17-15(19-10-16(2)11-21-12-16)18-9-13-7-5-6-8-14(13)20-3;/h5-8H,4,9-12H2,1-3H3,(H2,17,18,19);1H. The minimum Gasteiger partial charge on any atom is -0.496 e. The molecule has 124 valence electrons. The smallest absolute Gasteiger partial charge is 0.191 e. The Morgan fingerprint density at radius 2 is 2.05 bits per heavy atom. The first-order chi connectivity index (χ1) is 10.2. The molecule has 1 fully saturated rings. The zero-order chi connectivity index (χ0) is 15.1.